The van der Waals surface area contributed by atoms with Crippen LogP contribution in [0.4, 0.5) is 0 Å². The first-order valence-corrected chi connectivity index (χ1v) is 9.25. The van der Waals surface area contributed by atoms with Crippen molar-refractivity contribution in [3.8, 4) is 5.75 Å². The molecular formula is C23H29NO. The molecule has 1 N–H and O–H groups in total. The molecule has 0 saturated carbocycles. The summed E-state index contributed by atoms with van der Waals surface area (Å²) in [4.78, 5) is 0. The minimum absolute atomic E-state index is 0.158. The van der Waals surface area contributed by atoms with E-state index in [2.05, 4.69) is 62.1 Å². The van der Waals surface area contributed by atoms with Gasteiger partial charge in [-0.25, -0.2) is 0 Å². The fourth-order valence-corrected chi connectivity index (χ4v) is 3.92. The third-order valence-electron chi connectivity index (χ3n) is 5.82. The van der Waals surface area contributed by atoms with E-state index in [1.54, 1.807) is 0 Å². The third kappa shape index (κ3) is 3.96. The van der Waals surface area contributed by atoms with Crippen molar-refractivity contribution in [1.82, 2.24) is 5.32 Å². The maximum absolute atomic E-state index is 6.05. The van der Waals surface area contributed by atoms with E-state index in [1.165, 1.54) is 11.1 Å². The Hall–Kier alpha value is -2.06. The minimum Gasteiger partial charge on any atom is -0.489 e. The van der Waals surface area contributed by atoms with Crippen LogP contribution in [0.1, 0.15) is 37.8 Å². The molecule has 1 fully saturated rings. The van der Waals surface area contributed by atoms with Crippen LogP contribution < -0.4 is 10.1 Å². The zero-order valence-electron chi connectivity index (χ0n) is 15.4. The predicted octanol–water partition coefficient (Wildman–Crippen LogP) is 5.10. The van der Waals surface area contributed by atoms with E-state index in [9.17, 15) is 0 Å². The molecule has 2 aromatic rings. The maximum atomic E-state index is 6.05. The van der Waals surface area contributed by atoms with Crippen LogP contribution in [0.15, 0.2) is 67.3 Å². The van der Waals surface area contributed by atoms with E-state index in [0.717, 1.165) is 25.1 Å². The highest BCUT2D eigenvalue weighted by Gasteiger charge is 2.40. The average molecular weight is 335 g/mol. The first kappa shape index (κ1) is 17.8. The van der Waals surface area contributed by atoms with Gasteiger partial charge in [-0.3, -0.25) is 0 Å². The van der Waals surface area contributed by atoms with Crippen LogP contribution >= 0.6 is 0 Å². The second kappa shape index (κ2) is 7.88. The first-order valence-electron chi connectivity index (χ1n) is 9.25. The molecule has 1 aliphatic rings. The molecule has 1 unspecified atom stereocenters. The molecule has 2 nitrogen and oxygen atoms in total. The highest BCUT2D eigenvalue weighted by atomic mass is 16.5. The van der Waals surface area contributed by atoms with Crippen molar-refractivity contribution in [2.24, 2.45) is 5.92 Å². The Morgan fingerprint density at radius 2 is 2.00 bits per heavy atom. The van der Waals surface area contributed by atoms with Gasteiger partial charge >= 0.3 is 0 Å². The fourth-order valence-electron chi connectivity index (χ4n) is 3.92. The molecule has 25 heavy (non-hydrogen) atoms. The topological polar surface area (TPSA) is 21.3 Å². The van der Waals surface area contributed by atoms with Gasteiger partial charge in [0.05, 0.1) is 0 Å². The van der Waals surface area contributed by atoms with Crippen molar-refractivity contribution in [3.05, 3.63) is 78.4 Å². The average Bonchev–Trinajstić information content (AvgIpc) is 2.65. The lowest BCUT2D eigenvalue weighted by atomic mass is 9.65. The molecule has 0 amide bonds. The highest BCUT2D eigenvalue weighted by molar-refractivity contribution is 5.35. The molecule has 0 aliphatic carbocycles. The number of piperidine rings is 1. The van der Waals surface area contributed by atoms with Crippen molar-refractivity contribution in [2.45, 2.75) is 44.8 Å². The van der Waals surface area contributed by atoms with Gasteiger partial charge in [-0.1, -0.05) is 62.4 Å². The zero-order chi connectivity index (χ0) is 17.7. The van der Waals surface area contributed by atoms with Gasteiger partial charge in [-0.2, -0.15) is 0 Å². The van der Waals surface area contributed by atoms with Crippen molar-refractivity contribution >= 4 is 0 Å². The largest absolute Gasteiger partial charge is 0.489 e. The summed E-state index contributed by atoms with van der Waals surface area (Å²) in [5.41, 5.74) is 2.73. The van der Waals surface area contributed by atoms with E-state index in [1.807, 2.05) is 24.3 Å². The summed E-state index contributed by atoms with van der Waals surface area (Å²) >= 11 is 0. The second-order valence-corrected chi connectivity index (χ2v) is 7.34. The first-order chi connectivity index (χ1) is 12.1. The summed E-state index contributed by atoms with van der Waals surface area (Å²) in [6, 6.07) is 19.5. The van der Waals surface area contributed by atoms with Crippen LogP contribution in [0.25, 0.3) is 0 Å². The summed E-state index contributed by atoms with van der Waals surface area (Å²) < 4.78 is 6.05. The molecule has 3 atom stereocenters. The maximum Gasteiger partial charge on any atom is 0.120 e. The molecule has 1 aliphatic heterocycles. The van der Waals surface area contributed by atoms with E-state index >= 15 is 0 Å². The van der Waals surface area contributed by atoms with Gasteiger partial charge in [-0.15, -0.1) is 6.58 Å². The summed E-state index contributed by atoms with van der Waals surface area (Å²) in [7, 11) is 0. The Balaban J connectivity index is 1.76. The Morgan fingerprint density at radius 1 is 1.20 bits per heavy atom. The van der Waals surface area contributed by atoms with E-state index < -0.39 is 0 Å². The molecule has 2 heteroatoms. The molecule has 132 valence electrons. The number of hydrogen-bond acceptors (Lipinski definition) is 2. The SMILES string of the molecule is C=CCC1NCC[C@@](C)(c2cccc(OCc3ccccc3)c2)[C@H]1C. The van der Waals surface area contributed by atoms with Crippen LogP contribution in [0.5, 0.6) is 5.75 Å². The van der Waals surface area contributed by atoms with Crippen LogP contribution in [0.3, 0.4) is 0 Å². The summed E-state index contributed by atoms with van der Waals surface area (Å²) in [6.45, 7) is 10.3. The molecule has 1 saturated heterocycles. The molecule has 3 rings (SSSR count). The lowest BCUT2D eigenvalue weighted by Crippen LogP contribution is -2.51. The predicted molar refractivity (Wildman–Crippen MR) is 105 cm³/mol. The van der Waals surface area contributed by atoms with E-state index in [-0.39, 0.29) is 5.41 Å². The Bertz CT molecular complexity index is 696. The van der Waals surface area contributed by atoms with Gasteiger partial charge in [0.2, 0.25) is 0 Å². The van der Waals surface area contributed by atoms with Gasteiger partial charge in [0.25, 0.3) is 0 Å². The van der Waals surface area contributed by atoms with Gasteiger partial charge in [-0.05, 0) is 54.0 Å². The van der Waals surface area contributed by atoms with Crippen LogP contribution in [-0.4, -0.2) is 12.6 Å². The minimum atomic E-state index is 0.158. The lowest BCUT2D eigenvalue weighted by molar-refractivity contribution is 0.176. The van der Waals surface area contributed by atoms with Crippen molar-refractivity contribution < 1.29 is 4.74 Å². The Morgan fingerprint density at radius 3 is 2.76 bits per heavy atom. The molecule has 0 radical (unpaired) electrons. The molecular weight excluding hydrogens is 306 g/mol. The normalized spacial score (nSPS) is 26.2. The van der Waals surface area contributed by atoms with Crippen LogP contribution in [0.2, 0.25) is 0 Å². The number of hydrogen-bond donors (Lipinski definition) is 1. The quantitative estimate of drug-likeness (QED) is 0.742. The lowest BCUT2D eigenvalue weighted by Gasteiger charge is -2.45. The number of ether oxygens (including phenoxy) is 1. The smallest absolute Gasteiger partial charge is 0.120 e. The Labute approximate surface area is 151 Å². The van der Waals surface area contributed by atoms with Crippen LogP contribution in [0, 0.1) is 5.92 Å². The standard InChI is InChI=1S/C23H29NO/c1-4-9-22-18(2)23(3,14-15-24-22)20-12-8-13-21(16-20)25-17-19-10-6-5-7-11-19/h4-8,10-13,16,18,22,24H,1,9,14-15,17H2,2-3H3/t18-,22?,23+/m0/s1. The van der Waals surface area contributed by atoms with Gasteiger partial charge < -0.3 is 10.1 Å². The van der Waals surface area contributed by atoms with Crippen molar-refractivity contribution in [1.29, 1.82) is 0 Å². The number of rotatable bonds is 6. The van der Waals surface area contributed by atoms with Gasteiger partial charge in [0.1, 0.15) is 12.4 Å². The molecule has 1 heterocycles. The Kier molecular flexibility index (Phi) is 5.60. The van der Waals surface area contributed by atoms with Gasteiger partial charge in [0, 0.05) is 6.04 Å². The van der Waals surface area contributed by atoms with Crippen molar-refractivity contribution in [2.75, 3.05) is 6.54 Å². The van der Waals surface area contributed by atoms with Crippen LogP contribution in [-0.2, 0) is 12.0 Å². The number of nitrogens with one attached hydrogen (secondary N) is 1. The third-order valence-corrected chi connectivity index (χ3v) is 5.82. The molecule has 0 bridgehead atoms. The van der Waals surface area contributed by atoms with Crippen molar-refractivity contribution in [3.63, 3.8) is 0 Å². The fraction of sp³-hybridized carbons (Fsp3) is 0.391. The zero-order valence-corrected chi connectivity index (χ0v) is 15.4. The molecule has 2 aromatic carbocycles. The monoisotopic (exact) mass is 335 g/mol. The van der Waals surface area contributed by atoms with Gasteiger partial charge in [0.15, 0.2) is 0 Å². The highest BCUT2D eigenvalue weighted by Crippen LogP contribution is 2.41. The summed E-state index contributed by atoms with van der Waals surface area (Å²) in [5, 5.41) is 3.65. The summed E-state index contributed by atoms with van der Waals surface area (Å²) in [5.74, 6) is 1.50. The molecule has 0 spiro atoms. The molecule has 0 aromatic heterocycles. The number of benzene rings is 2. The second-order valence-electron chi connectivity index (χ2n) is 7.34. The van der Waals surface area contributed by atoms with E-state index in [4.69, 9.17) is 4.74 Å². The summed E-state index contributed by atoms with van der Waals surface area (Å²) in [6.07, 6.45) is 4.18. The van der Waals surface area contributed by atoms with E-state index in [0.29, 0.717) is 18.6 Å².